The molecule has 1 saturated heterocycles. The van der Waals surface area contributed by atoms with Crippen LogP contribution in [0.4, 0.5) is 0 Å². The van der Waals surface area contributed by atoms with E-state index in [9.17, 15) is 18.0 Å². The highest BCUT2D eigenvalue weighted by molar-refractivity contribution is 7.89. The van der Waals surface area contributed by atoms with E-state index in [4.69, 9.17) is 0 Å². The summed E-state index contributed by atoms with van der Waals surface area (Å²) in [5.41, 5.74) is -0.894. The Morgan fingerprint density at radius 2 is 1.57 bits per heavy atom. The van der Waals surface area contributed by atoms with Crippen molar-refractivity contribution in [3.8, 4) is 0 Å². The largest absolute Gasteiger partial charge is 0.316 e. The molecule has 0 bridgehead atoms. The maximum atomic E-state index is 12.5. The number of rotatable bonds is 2. The van der Waals surface area contributed by atoms with Gasteiger partial charge >= 0.3 is 11.1 Å². The van der Waals surface area contributed by atoms with Gasteiger partial charge < -0.3 is 15.3 Å². The van der Waals surface area contributed by atoms with Gasteiger partial charge in [0.25, 0.3) is 0 Å². The van der Waals surface area contributed by atoms with E-state index in [1.165, 1.54) is 22.5 Å². The van der Waals surface area contributed by atoms with Gasteiger partial charge in [-0.1, -0.05) is 0 Å². The zero-order chi connectivity index (χ0) is 15.0. The van der Waals surface area contributed by atoms with Crippen LogP contribution in [0.25, 0.3) is 11.0 Å². The van der Waals surface area contributed by atoms with Gasteiger partial charge in [0.2, 0.25) is 10.0 Å². The Morgan fingerprint density at radius 1 is 0.952 bits per heavy atom. The number of nitrogens with one attached hydrogen (secondary N) is 3. The van der Waals surface area contributed by atoms with Crippen LogP contribution in [0.3, 0.4) is 0 Å². The molecule has 8 nitrogen and oxygen atoms in total. The number of piperazine rings is 1. The lowest BCUT2D eigenvalue weighted by Gasteiger charge is -2.26. The molecule has 0 amide bonds. The molecule has 0 atom stereocenters. The molecule has 0 spiro atoms. The second-order valence-corrected chi connectivity index (χ2v) is 6.71. The molecule has 0 radical (unpaired) electrons. The lowest BCUT2D eigenvalue weighted by Crippen LogP contribution is -2.46. The summed E-state index contributed by atoms with van der Waals surface area (Å²) in [7, 11) is -3.60. The van der Waals surface area contributed by atoms with E-state index in [-0.39, 0.29) is 10.4 Å². The lowest BCUT2D eigenvalue weighted by molar-refractivity contribution is 0.360. The molecule has 2 aromatic rings. The summed E-state index contributed by atoms with van der Waals surface area (Å²) in [4.78, 5) is 27.4. The SMILES string of the molecule is O=c1[nH]c2ccc(S(=O)(=O)N3CCNCC3)cc2[nH]c1=O. The molecular formula is C12H14N4O4S. The van der Waals surface area contributed by atoms with Crippen molar-refractivity contribution >= 4 is 21.1 Å². The monoisotopic (exact) mass is 310 g/mol. The third kappa shape index (κ3) is 2.50. The molecule has 1 fully saturated rings. The minimum Gasteiger partial charge on any atom is -0.316 e. The molecule has 0 saturated carbocycles. The Hall–Kier alpha value is -1.97. The van der Waals surface area contributed by atoms with Crippen molar-refractivity contribution in [2.45, 2.75) is 4.90 Å². The molecule has 21 heavy (non-hydrogen) atoms. The number of sulfonamides is 1. The van der Waals surface area contributed by atoms with Gasteiger partial charge in [-0.05, 0) is 18.2 Å². The molecule has 1 aliphatic heterocycles. The minimum atomic E-state index is -3.60. The molecule has 3 rings (SSSR count). The first-order valence-corrected chi connectivity index (χ1v) is 7.90. The highest BCUT2D eigenvalue weighted by atomic mass is 32.2. The Bertz CT molecular complexity index is 893. The van der Waals surface area contributed by atoms with Crippen LogP contribution >= 0.6 is 0 Å². The standard InChI is InChI=1S/C12H14N4O4S/c17-11-12(18)15-10-7-8(1-2-9(10)14-11)21(19,20)16-5-3-13-4-6-16/h1-2,7,13H,3-6H2,(H,14,17)(H,15,18). The van der Waals surface area contributed by atoms with E-state index < -0.39 is 21.1 Å². The fourth-order valence-corrected chi connectivity index (χ4v) is 3.76. The van der Waals surface area contributed by atoms with Crippen LogP contribution < -0.4 is 16.4 Å². The van der Waals surface area contributed by atoms with Gasteiger partial charge in [0, 0.05) is 26.2 Å². The summed E-state index contributed by atoms with van der Waals surface area (Å²) < 4.78 is 26.4. The Kier molecular flexibility index (Phi) is 3.40. The average Bonchev–Trinajstić information content (AvgIpc) is 2.49. The van der Waals surface area contributed by atoms with Gasteiger partial charge in [0.1, 0.15) is 0 Å². The zero-order valence-corrected chi connectivity index (χ0v) is 11.9. The van der Waals surface area contributed by atoms with Crippen molar-refractivity contribution in [2.75, 3.05) is 26.2 Å². The first kappa shape index (κ1) is 14.0. The van der Waals surface area contributed by atoms with Gasteiger partial charge in [-0.15, -0.1) is 0 Å². The van der Waals surface area contributed by atoms with E-state index >= 15 is 0 Å². The molecule has 0 aliphatic carbocycles. The minimum absolute atomic E-state index is 0.0969. The molecule has 0 unspecified atom stereocenters. The quantitative estimate of drug-likeness (QED) is 0.603. The van der Waals surface area contributed by atoms with Crippen molar-refractivity contribution in [3.63, 3.8) is 0 Å². The molecule has 1 aliphatic rings. The lowest BCUT2D eigenvalue weighted by atomic mass is 10.3. The number of benzene rings is 1. The number of hydrogen-bond acceptors (Lipinski definition) is 5. The first-order valence-electron chi connectivity index (χ1n) is 6.46. The maximum Gasteiger partial charge on any atom is 0.314 e. The van der Waals surface area contributed by atoms with Crippen LogP contribution in [-0.4, -0.2) is 48.9 Å². The molecule has 2 heterocycles. The molecule has 9 heteroatoms. The molecular weight excluding hydrogens is 296 g/mol. The summed E-state index contributed by atoms with van der Waals surface area (Å²) >= 11 is 0. The third-order valence-electron chi connectivity index (χ3n) is 3.41. The summed E-state index contributed by atoms with van der Waals surface area (Å²) in [6.45, 7) is 2.03. The normalized spacial score (nSPS) is 17.1. The third-order valence-corrected chi connectivity index (χ3v) is 5.30. The van der Waals surface area contributed by atoms with E-state index in [0.29, 0.717) is 31.7 Å². The van der Waals surface area contributed by atoms with Crippen LogP contribution in [0, 0.1) is 0 Å². The Labute approximate surface area is 119 Å². The van der Waals surface area contributed by atoms with Crippen molar-refractivity contribution in [1.29, 1.82) is 0 Å². The number of aromatic amines is 2. The van der Waals surface area contributed by atoms with E-state index in [1.807, 2.05) is 0 Å². The zero-order valence-electron chi connectivity index (χ0n) is 11.0. The number of aromatic nitrogens is 2. The van der Waals surface area contributed by atoms with Crippen molar-refractivity contribution in [1.82, 2.24) is 19.6 Å². The predicted molar refractivity (Wildman–Crippen MR) is 76.8 cm³/mol. The van der Waals surface area contributed by atoms with Gasteiger partial charge in [-0.25, -0.2) is 8.42 Å². The predicted octanol–water partition coefficient (Wildman–Crippen LogP) is -1.19. The fraction of sp³-hybridized carbons (Fsp3) is 0.333. The van der Waals surface area contributed by atoms with Crippen LogP contribution in [-0.2, 0) is 10.0 Å². The van der Waals surface area contributed by atoms with Gasteiger partial charge in [-0.2, -0.15) is 4.31 Å². The van der Waals surface area contributed by atoms with Crippen molar-refractivity contribution in [3.05, 3.63) is 38.9 Å². The van der Waals surface area contributed by atoms with E-state index in [2.05, 4.69) is 15.3 Å². The summed E-state index contributed by atoms with van der Waals surface area (Å²) in [5.74, 6) is 0. The topological polar surface area (TPSA) is 115 Å². The van der Waals surface area contributed by atoms with Gasteiger partial charge in [0.05, 0.1) is 15.9 Å². The Balaban J connectivity index is 2.10. The average molecular weight is 310 g/mol. The van der Waals surface area contributed by atoms with Crippen LogP contribution in [0.5, 0.6) is 0 Å². The fourth-order valence-electron chi connectivity index (χ4n) is 2.29. The molecule has 3 N–H and O–H groups in total. The number of H-pyrrole nitrogens is 2. The first-order chi connectivity index (χ1) is 9.98. The van der Waals surface area contributed by atoms with E-state index in [0.717, 1.165) is 0 Å². The summed E-state index contributed by atoms with van der Waals surface area (Å²) in [6.07, 6.45) is 0. The number of nitrogens with zero attached hydrogens (tertiary/aromatic N) is 1. The second-order valence-electron chi connectivity index (χ2n) is 4.77. The maximum absolute atomic E-state index is 12.5. The summed E-state index contributed by atoms with van der Waals surface area (Å²) in [5, 5.41) is 3.09. The highest BCUT2D eigenvalue weighted by Gasteiger charge is 2.26. The smallest absolute Gasteiger partial charge is 0.314 e. The van der Waals surface area contributed by atoms with Crippen LogP contribution in [0.15, 0.2) is 32.7 Å². The summed E-state index contributed by atoms with van der Waals surface area (Å²) in [6, 6.07) is 4.26. The molecule has 1 aromatic carbocycles. The Morgan fingerprint density at radius 3 is 2.24 bits per heavy atom. The van der Waals surface area contributed by atoms with E-state index in [1.54, 1.807) is 0 Å². The number of fused-ring (bicyclic) bond motifs is 1. The molecule has 112 valence electrons. The second kappa shape index (κ2) is 5.10. The van der Waals surface area contributed by atoms with Crippen molar-refractivity contribution < 1.29 is 8.42 Å². The van der Waals surface area contributed by atoms with Gasteiger partial charge in [0.15, 0.2) is 0 Å². The van der Waals surface area contributed by atoms with Gasteiger partial charge in [-0.3, -0.25) is 9.59 Å². The highest BCUT2D eigenvalue weighted by Crippen LogP contribution is 2.19. The molecule has 1 aromatic heterocycles. The van der Waals surface area contributed by atoms with Crippen LogP contribution in [0.2, 0.25) is 0 Å². The number of hydrogen-bond donors (Lipinski definition) is 3. The van der Waals surface area contributed by atoms with Crippen LogP contribution in [0.1, 0.15) is 0 Å². The van der Waals surface area contributed by atoms with Crippen molar-refractivity contribution in [2.24, 2.45) is 0 Å².